The molecule has 0 spiro atoms. The number of nitrogens with one attached hydrogen (secondary N) is 1. The number of carbonyl (C=O) groups is 2. The van der Waals surface area contributed by atoms with Crippen LogP contribution < -0.4 is 5.32 Å². The number of ether oxygens (including phenoxy) is 1. The summed E-state index contributed by atoms with van der Waals surface area (Å²) in [5.74, 6) is 0.232. The smallest absolute Gasteiger partial charge is 0.310 e. The van der Waals surface area contributed by atoms with Crippen LogP contribution in [0.25, 0.3) is 10.9 Å². The highest BCUT2D eigenvalue weighted by Gasteiger charge is 2.23. The van der Waals surface area contributed by atoms with Crippen molar-refractivity contribution in [3.05, 3.63) is 64.3 Å². The van der Waals surface area contributed by atoms with Crippen LogP contribution in [-0.4, -0.2) is 23.1 Å². The van der Waals surface area contributed by atoms with Crippen molar-refractivity contribution in [2.45, 2.75) is 32.7 Å². The lowest BCUT2D eigenvalue weighted by Gasteiger charge is -2.12. The van der Waals surface area contributed by atoms with E-state index in [1.807, 2.05) is 30.3 Å². The van der Waals surface area contributed by atoms with Crippen LogP contribution in [0.15, 0.2) is 53.1 Å². The zero-order valence-electron chi connectivity index (χ0n) is 16.3. The molecule has 0 aliphatic heterocycles. The Bertz CT molecular complexity index is 1070. The summed E-state index contributed by atoms with van der Waals surface area (Å²) in [6.45, 7) is 3.10. The average molecular weight is 455 g/mol. The van der Waals surface area contributed by atoms with Crippen molar-refractivity contribution in [3.8, 4) is 0 Å². The van der Waals surface area contributed by atoms with Crippen LogP contribution in [0.5, 0.6) is 0 Å². The van der Waals surface area contributed by atoms with Gasteiger partial charge in [0.25, 0.3) is 5.91 Å². The van der Waals surface area contributed by atoms with Gasteiger partial charge in [0.2, 0.25) is 0 Å². The number of amides is 1. The molecule has 0 bridgehead atoms. The molecule has 2 aromatic carbocycles. The molecule has 4 rings (SSSR count). The minimum atomic E-state index is -0.309. The molecule has 3 aromatic rings. The maximum Gasteiger partial charge on any atom is 0.310 e. The molecule has 1 heterocycles. The van der Waals surface area contributed by atoms with Crippen LogP contribution in [-0.2, 0) is 22.5 Å². The predicted molar refractivity (Wildman–Crippen MR) is 117 cm³/mol. The number of para-hydroxylation sites is 1. The molecule has 6 heteroatoms. The number of fused-ring (bicyclic) bond motifs is 1. The number of benzene rings is 2. The Kier molecular flexibility index (Phi) is 5.72. The Labute approximate surface area is 178 Å². The lowest BCUT2D eigenvalue weighted by atomic mass is 10.1. The number of halogens is 1. The van der Waals surface area contributed by atoms with E-state index in [4.69, 9.17) is 4.74 Å². The van der Waals surface area contributed by atoms with Crippen LogP contribution in [0.2, 0.25) is 0 Å². The van der Waals surface area contributed by atoms with Gasteiger partial charge in [-0.1, -0.05) is 34.1 Å². The first-order valence-corrected chi connectivity index (χ1v) is 10.7. The van der Waals surface area contributed by atoms with Crippen LogP contribution in [0.3, 0.4) is 0 Å². The fraction of sp³-hybridized carbons (Fsp3) is 0.304. The highest BCUT2D eigenvalue weighted by atomic mass is 79.9. The van der Waals surface area contributed by atoms with Crippen molar-refractivity contribution in [2.75, 3.05) is 11.9 Å². The monoisotopic (exact) mass is 454 g/mol. The van der Waals surface area contributed by atoms with Crippen LogP contribution in [0, 0.1) is 5.92 Å². The molecule has 0 saturated heterocycles. The molecule has 1 aliphatic carbocycles. The topological polar surface area (TPSA) is 60.3 Å². The molecule has 0 radical (unpaired) electrons. The lowest BCUT2D eigenvalue weighted by Crippen LogP contribution is -2.15. The number of esters is 1. The Morgan fingerprint density at radius 2 is 2.00 bits per heavy atom. The minimum absolute atomic E-state index is 0.122. The number of hydrogen-bond acceptors (Lipinski definition) is 3. The maximum atomic E-state index is 13.0. The summed E-state index contributed by atoms with van der Waals surface area (Å²) in [6, 6.07) is 13.2. The second-order valence-corrected chi connectivity index (χ2v) is 8.25. The van der Waals surface area contributed by atoms with Crippen molar-refractivity contribution in [1.29, 1.82) is 0 Å². The van der Waals surface area contributed by atoms with Crippen molar-refractivity contribution in [3.63, 3.8) is 0 Å². The van der Waals surface area contributed by atoms with Gasteiger partial charge in [-0.25, -0.2) is 0 Å². The average Bonchev–Trinajstić information content (AvgIpc) is 3.42. The molecule has 1 aromatic heterocycles. The molecule has 0 unspecified atom stereocenters. The van der Waals surface area contributed by atoms with Gasteiger partial charge in [0.15, 0.2) is 0 Å². The molecule has 0 atom stereocenters. The van der Waals surface area contributed by atoms with E-state index in [2.05, 4.69) is 38.1 Å². The Balaban J connectivity index is 1.59. The summed E-state index contributed by atoms with van der Waals surface area (Å²) in [7, 11) is 0. The van der Waals surface area contributed by atoms with Crippen LogP contribution in [0.1, 0.15) is 35.7 Å². The highest BCUT2D eigenvalue weighted by Crippen LogP contribution is 2.34. The second kappa shape index (κ2) is 8.41. The van der Waals surface area contributed by atoms with Gasteiger partial charge >= 0.3 is 5.97 Å². The first-order valence-electron chi connectivity index (χ1n) is 9.88. The van der Waals surface area contributed by atoms with Crippen molar-refractivity contribution in [2.24, 2.45) is 5.92 Å². The van der Waals surface area contributed by atoms with Crippen molar-refractivity contribution in [1.82, 2.24) is 4.57 Å². The zero-order valence-corrected chi connectivity index (χ0v) is 17.9. The summed E-state index contributed by atoms with van der Waals surface area (Å²) in [6.07, 6.45) is 4.76. The van der Waals surface area contributed by atoms with Gasteiger partial charge in [0, 0.05) is 39.4 Å². The third-order valence-corrected chi connectivity index (χ3v) is 5.81. The fourth-order valence-corrected chi connectivity index (χ4v) is 4.06. The number of anilines is 1. The number of nitrogens with zero attached hydrogens (tertiary/aromatic N) is 1. The molecule has 29 heavy (non-hydrogen) atoms. The third kappa shape index (κ3) is 4.53. The van der Waals surface area contributed by atoms with E-state index in [0.29, 0.717) is 17.9 Å². The fourth-order valence-electron chi connectivity index (χ4n) is 3.48. The van der Waals surface area contributed by atoms with Crippen LogP contribution >= 0.6 is 15.9 Å². The standard InChI is InChI=1S/C23H23BrN2O3/c1-2-29-22(27)13-16-5-3-4-6-20(16)25-23(28)17-11-19(24)18-9-10-26(21(18)12-17)14-15-7-8-15/h3-6,9-12,15H,2,7-8,13-14H2,1H3,(H,25,28). The van der Waals surface area contributed by atoms with Crippen molar-refractivity contribution < 1.29 is 14.3 Å². The lowest BCUT2D eigenvalue weighted by molar-refractivity contribution is -0.142. The van der Waals surface area contributed by atoms with Crippen LogP contribution in [0.4, 0.5) is 5.69 Å². The number of aromatic nitrogens is 1. The number of hydrogen-bond donors (Lipinski definition) is 1. The first kappa shape index (κ1) is 19.7. The molecular formula is C23H23BrN2O3. The van der Waals surface area contributed by atoms with E-state index in [1.165, 1.54) is 12.8 Å². The molecule has 1 amide bonds. The van der Waals surface area contributed by atoms with Gasteiger partial charge < -0.3 is 14.6 Å². The molecule has 1 fully saturated rings. The summed E-state index contributed by atoms with van der Waals surface area (Å²) < 4.78 is 8.16. The van der Waals surface area contributed by atoms with Gasteiger partial charge in [-0.2, -0.15) is 0 Å². The number of rotatable bonds is 7. The van der Waals surface area contributed by atoms with Crippen molar-refractivity contribution >= 4 is 44.4 Å². The normalized spacial score (nSPS) is 13.4. The number of carbonyl (C=O) groups excluding carboxylic acids is 2. The Hall–Kier alpha value is -2.60. The van der Waals surface area contributed by atoms with E-state index in [1.54, 1.807) is 13.0 Å². The summed E-state index contributed by atoms with van der Waals surface area (Å²) in [5, 5.41) is 4.06. The largest absolute Gasteiger partial charge is 0.466 e. The molecule has 5 nitrogen and oxygen atoms in total. The van der Waals surface area contributed by atoms with Gasteiger partial charge in [-0.05, 0) is 55.5 Å². The quantitative estimate of drug-likeness (QED) is 0.500. The Morgan fingerprint density at radius 3 is 2.76 bits per heavy atom. The third-order valence-electron chi connectivity index (χ3n) is 5.16. The van der Waals surface area contributed by atoms with E-state index in [-0.39, 0.29) is 18.3 Å². The second-order valence-electron chi connectivity index (χ2n) is 7.40. The molecule has 1 aliphatic rings. The van der Waals surface area contributed by atoms with Gasteiger partial charge in [0.05, 0.1) is 13.0 Å². The Morgan fingerprint density at radius 1 is 1.21 bits per heavy atom. The molecule has 1 saturated carbocycles. The molecule has 150 valence electrons. The van der Waals surface area contributed by atoms with E-state index < -0.39 is 0 Å². The minimum Gasteiger partial charge on any atom is -0.466 e. The van der Waals surface area contributed by atoms with Gasteiger partial charge in [-0.15, -0.1) is 0 Å². The summed E-state index contributed by atoms with van der Waals surface area (Å²) >= 11 is 3.61. The molecular weight excluding hydrogens is 432 g/mol. The SMILES string of the molecule is CCOC(=O)Cc1ccccc1NC(=O)c1cc(Br)c2ccn(CC3CC3)c2c1. The van der Waals surface area contributed by atoms with E-state index in [0.717, 1.165) is 33.4 Å². The van der Waals surface area contributed by atoms with E-state index >= 15 is 0 Å². The predicted octanol–water partition coefficient (Wildman–Crippen LogP) is 5.17. The van der Waals surface area contributed by atoms with Gasteiger partial charge in [0.1, 0.15) is 0 Å². The molecule has 1 N–H and O–H groups in total. The highest BCUT2D eigenvalue weighted by molar-refractivity contribution is 9.10. The van der Waals surface area contributed by atoms with Gasteiger partial charge in [-0.3, -0.25) is 9.59 Å². The zero-order chi connectivity index (χ0) is 20.4. The maximum absolute atomic E-state index is 13.0. The summed E-state index contributed by atoms with van der Waals surface area (Å²) in [4.78, 5) is 24.9. The first-order chi connectivity index (χ1) is 14.0. The van der Waals surface area contributed by atoms with E-state index in [9.17, 15) is 9.59 Å². The summed E-state index contributed by atoms with van der Waals surface area (Å²) in [5.41, 5.74) is 2.98.